The minimum atomic E-state index is -4.36. The molecule has 150 valence electrons. The third-order valence-corrected chi connectivity index (χ3v) is 5.35. The number of hydrogen-bond donors (Lipinski definition) is 0. The monoisotopic (exact) mass is 408 g/mol. The molecule has 1 aromatic carbocycles. The number of pyridine rings is 1. The van der Waals surface area contributed by atoms with Crippen LogP contribution in [-0.2, 0) is 6.18 Å². The summed E-state index contributed by atoms with van der Waals surface area (Å²) in [6, 6.07) is 9.96. The van der Waals surface area contributed by atoms with Gasteiger partial charge in [0.05, 0.1) is 12.2 Å². The van der Waals surface area contributed by atoms with E-state index >= 15 is 0 Å². The fourth-order valence-electron chi connectivity index (χ4n) is 2.85. The molecule has 7 heteroatoms. The maximum atomic E-state index is 12.6. The lowest BCUT2D eigenvalue weighted by Gasteiger charge is -2.22. The first kappa shape index (κ1) is 20.7. The summed E-state index contributed by atoms with van der Waals surface area (Å²) in [5.74, 6) is 0.797. The number of nitrogens with zero attached hydrogens (tertiary/aromatic N) is 2. The standard InChI is InChI=1S/C21H23F3N2OS/c22-21(23,24)17-6-11-20(25-16-17)28-19-9-7-18(8-10-19)27-15-5-4-14-26-12-2-1-3-13-26/h1-2,6-11,16H,3-5,12-15H2. The lowest BCUT2D eigenvalue weighted by molar-refractivity contribution is -0.137. The summed E-state index contributed by atoms with van der Waals surface area (Å²) < 4.78 is 43.5. The van der Waals surface area contributed by atoms with Crippen molar-refractivity contribution in [2.45, 2.75) is 35.4 Å². The van der Waals surface area contributed by atoms with Gasteiger partial charge in [-0.3, -0.25) is 4.90 Å². The summed E-state index contributed by atoms with van der Waals surface area (Å²) in [5.41, 5.74) is -0.739. The molecule has 1 aliphatic rings. The van der Waals surface area contributed by atoms with Crippen molar-refractivity contribution >= 4 is 11.8 Å². The number of rotatable bonds is 8. The van der Waals surface area contributed by atoms with Crippen molar-refractivity contribution in [2.75, 3.05) is 26.2 Å². The van der Waals surface area contributed by atoms with Gasteiger partial charge < -0.3 is 4.74 Å². The van der Waals surface area contributed by atoms with Crippen molar-refractivity contribution in [1.82, 2.24) is 9.88 Å². The normalized spacial score (nSPS) is 15.0. The first-order valence-electron chi connectivity index (χ1n) is 9.32. The van der Waals surface area contributed by atoms with Crippen LogP contribution in [0.1, 0.15) is 24.8 Å². The molecule has 28 heavy (non-hydrogen) atoms. The van der Waals surface area contributed by atoms with Gasteiger partial charge in [-0.1, -0.05) is 23.9 Å². The zero-order valence-corrected chi connectivity index (χ0v) is 16.3. The van der Waals surface area contributed by atoms with Crippen LogP contribution < -0.4 is 4.74 Å². The molecule has 1 aliphatic heterocycles. The van der Waals surface area contributed by atoms with E-state index in [1.165, 1.54) is 17.8 Å². The highest BCUT2D eigenvalue weighted by Gasteiger charge is 2.30. The summed E-state index contributed by atoms with van der Waals surface area (Å²) in [6.45, 7) is 3.97. The minimum Gasteiger partial charge on any atom is -0.494 e. The molecule has 0 unspecified atom stereocenters. The Balaban J connectivity index is 1.39. The van der Waals surface area contributed by atoms with Gasteiger partial charge in [0.25, 0.3) is 0 Å². The lowest BCUT2D eigenvalue weighted by Crippen LogP contribution is -2.28. The van der Waals surface area contributed by atoms with E-state index in [1.807, 2.05) is 24.3 Å². The zero-order valence-electron chi connectivity index (χ0n) is 15.5. The van der Waals surface area contributed by atoms with Gasteiger partial charge in [-0.25, -0.2) is 4.98 Å². The van der Waals surface area contributed by atoms with Gasteiger partial charge in [0, 0.05) is 24.2 Å². The molecule has 0 aliphatic carbocycles. The summed E-state index contributed by atoms with van der Waals surface area (Å²) in [5, 5.41) is 0.522. The molecule has 0 saturated carbocycles. The van der Waals surface area contributed by atoms with Crippen molar-refractivity contribution in [3.8, 4) is 5.75 Å². The first-order chi connectivity index (χ1) is 13.5. The van der Waals surface area contributed by atoms with Crippen molar-refractivity contribution in [1.29, 1.82) is 0 Å². The summed E-state index contributed by atoms with van der Waals surface area (Å²) in [4.78, 5) is 7.22. The molecule has 0 bridgehead atoms. The predicted octanol–water partition coefficient (Wildman–Crippen LogP) is 5.67. The highest BCUT2D eigenvalue weighted by molar-refractivity contribution is 7.99. The van der Waals surface area contributed by atoms with E-state index < -0.39 is 11.7 Å². The first-order valence-corrected chi connectivity index (χ1v) is 10.1. The average Bonchev–Trinajstić information content (AvgIpc) is 2.69. The van der Waals surface area contributed by atoms with Crippen LogP contribution in [0.25, 0.3) is 0 Å². The number of alkyl halides is 3. The fraction of sp³-hybridized carbons (Fsp3) is 0.381. The Bertz CT molecular complexity index is 761. The highest BCUT2D eigenvalue weighted by atomic mass is 32.2. The second kappa shape index (κ2) is 9.98. The van der Waals surface area contributed by atoms with Crippen LogP contribution >= 0.6 is 11.8 Å². The molecule has 0 radical (unpaired) electrons. The van der Waals surface area contributed by atoms with Gasteiger partial charge in [0.2, 0.25) is 0 Å². The molecule has 1 aromatic heterocycles. The molecule has 2 heterocycles. The number of hydrogen-bond acceptors (Lipinski definition) is 4. The molecule has 0 atom stereocenters. The molecule has 2 aromatic rings. The molecule has 3 rings (SSSR count). The molecule has 0 N–H and O–H groups in total. The summed E-state index contributed by atoms with van der Waals surface area (Å²) >= 11 is 1.32. The molecular weight excluding hydrogens is 385 g/mol. The Labute approximate surface area is 167 Å². The van der Waals surface area contributed by atoms with Crippen LogP contribution in [0.3, 0.4) is 0 Å². The highest BCUT2D eigenvalue weighted by Crippen LogP contribution is 2.32. The summed E-state index contributed by atoms with van der Waals surface area (Å²) in [7, 11) is 0. The largest absolute Gasteiger partial charge is 0.494 e. The molecule has 0 amide bonds. The fourth-order valence-corrected chi connectivity index (χ4v) is 3.61. The van der Waals surface area contributed by atoms with Crippen molar-refractivity contribution in [3.05, 3.63) is 60.3 Å². The van der Waals surface area contributed by atoms with E-state index in [-0.39, 0.29) is 0 Å². The molecule has 3 nitrogen and oxygen atoms in total. The van der Waals surface area contributed by atoms with Gasteiger partial charge in [-0.05, 0) is 62.2 Å². The lowest BCUT2D eigenvalue weighted by atomic mass is 10.2. The summed E-state index contributed by atoms with van der Waals surface area (Å²) in [6.07, 6.45) is 4.21. The Morgan fingerprint density at radius 3 is 2.50 bits per heavy atom. The van der Waals surface area contributed by atoms with Gasteiger partial charge in [0.1, 0.15) is 10.8 Å². The van der Waals surface area contributed by atoms with Gasteiger partial charge in [0.15, 0.2) is 0 Å². The van der Waals surface area contributed by atoms with E-state index in [1.54, 1.807) is 0 Å². The zero-order chi connectivity index (χ0) is 19.8. The Kier molecular flexibility index (Phi) is 7.39. The van der Waals surface area contributed by atoms with Crippen LogP contribution in [0.5, 0.6) is 5.75 Å². The van der Waals surface area contributed by atoms with Crippen LogP contribution in [0, 0.1) is 0 Å². The van der Waals surface area contributed by atoms with E-state index in [2.05, 4.69) is 22.0 Å². The van der Waals surface area contributed by atoms with E-state index in [4.69, 9.17) is 4.74 Å². The topological polar surface area (TPSA) is 25.4 Å². The van der Waals surface area contributed by atoms with E-state index in [9.17, 15) is 13.2 Å². The van der Waals surface area contributed by atoms with Crippen molar-refractivity contribution in [2.24, 2.45) is 0 Å². The SMILES string of the molecule is FC(F)(F)c1ccc(Sc2ccc(OCCCCN3CC=CCC3)cc2)nc1. The minimum absolute atomic E-state index is 0.522. The smallest absolute Gasteiger partial charge is 0.417 e. The maximum absolute atomic E-state index is 12.6. The van der Waals surface area contributed by atoms with Gasteiger partial charge >= 0.3 is 6.18 Å². The second-order valence-corrected chi connectivity index (χ2v) is 7.67. The number of halogens is 3. The van der Waals surface area contributed by atoms with Gasteiger partial charge in [-0.2, -0.15) is 13.2 Å². The van der Waals surface area contributed by atoms with Crippen LogP contribution in [0.15, 0.2) is 64.7 Å². The molecule has 0 saturated heterocycles. The Hall–Kier alpha value is -1.99. The number of benzene rings is 1. The number of unbranched alkanes of at least 4 members (excludes halogenated alkanes) is 1. The number of ether oxygens (including phenoxy) is 1. The Morgan fingerprint density at radius 2 is 1.86 bits per heavy atom. The molecule has 0 fully saturated rings. The van der Waals surface area contributed by atoms with Crippen LogP contribution in [0.4, 0.5) is 13.2 Å². The van der Waals surface area contributed by atoms with E-state index in [0.717, 1.165) is 61.8 Å². The number of aromatic nitrogens is 1. The van der Waals surface area contributed by atoms with Gasteiger partial charge in [-0.15, -0.1) is 0 Å². The molecule has 0 spiro atoms. The second-order valence-electron chi connectivity index (χ2n) is 6.57. The van der Waals surface area contributed by atoms with Crippen molar-refractivity contribution < 1.29 is 17.9 Å². The third-order valence-electron chi connectivity index (χ3n) is 4.39. The Morgan fingerprint density at radius 1 is 1.04 bits per heavy atom. The third kappa shape index (κ3) is 6.56. The van der Waals surface area contributed by atoms with Crippen LogP contribution in [0.2, 0.25) is 0 Å². The predicted molar refractivity (Wildman–Crippen MR) is 105 cm³/mol. The van der Waals surface area contributed by atoms with Crippen molar-refractivity contribution in [3.63, 3.8) is 0 Å². The average molecular weight is 408 g/mol. The molecular formula is C21H23F3N2OS. The van der Waals surface area contributed by atoms with E-state index in [0.29, 0.717) is 11.6 Å². The quantitative estimate of drug-likeness (QED) is 0.415. The maximum Gasteiger partial charge on any atom is 0.417 e. The van der Waals surface area contributed by atoms with Crippen LogP contribution in [-0.4, -0.2) is 36.1 Å².